The van der Waals surface area contributed by atoms with Gasteiger partial charge in [-0.15, -0.1) is 0 Å². The molecule has 6 heteroatoms. The Morgan fingerprint density at radius 1 is 1.33 bits per heavy atom. The lowest BCUT2D eigenvalue weighted by atomic mass is 10.0. The summed E-state index contributed by atoms with van der Waals surface area (Å²) >= 11 is 0. The molecule has 1 amide bonds. The Kier molecular flexibility index (Phi) is 5.96. The van der Waals surface area contributed by atoms with E-state index in [1.54, 1.807) is 14.0 Å². The number of nitrogens with one attached hydrogen (secondary N) is 2. The third-order valence-corrected chi connectivity index (χ3v) is 4.97. The number of aromatic nitrogens is 1. The van der Waals surface area contributed by atoms with Crippen molar-refractivity contribution in [2.45, 2.75) is 39.3 Å². The number of piperidine rings is 1. The van der Waals surface area contributed by atoms with Crippen LogP contribution >= 0.6 is 0 Å². The number of amides is 1. The summed E-state index contributed by atoms with van der Waals surface area (Å²) in [5.41, 5.74) is 2.54. The smallest absolute Gasteiger partial charge is 0.261 e. The van der Waals surface area contributed by atoms with Crippen LogP contribution in [0.5, 0.6) is 5.75 Å². The van der Waals surface area contributed by atoms with Crippen LogP contribution in [0.1, 0.15) is 40.0 Å². The normalized spacial score (nSPS) is 17.5. The van der Waals surface area contributed by atoms with Crippen LogP contribution in [0.4, 0.5) is 0 Å². The first-order valence-corrected chi connectivity index (χ1v) is 9.33. The van der Waals surface area contributed by atoms with E-state index in [1.807, 2.05) is 31.2 Å². The molecule has 1 fully saturated rings. The van der Waals surface area contributed by atoms with E-state index >= 15 is 0 Å². The van der Waals surface area contributed by atoms with Gasteiger partial charge in [-0.25, -0.2) is 0 Å². The van der Waals surface area contributed by atoms with Gasteiger partial charge >= 0.3 is 0 Å². The molecule has 0 bridgehead atoms. The molecule has 0 saturated carbocycles. The fourth-order valence-corrected chi connectivity index (χ4v) is 3.74. The van der Waals surface area contributed by atoms with Crippen molar-refractivity contribution >= 4 is 5.91 Å². The Morgan fingerprint density at radius 3 is 2.89 bits per heavy atom. The number of aryl methyl sites for hydroxylation is 2. The van der Waals surface area contributed by atoms with Crippen LogP contribution in [0, 0.1) is 13.8 Å². The van der Waals surface area contributed by atoms with Gasteiger partial charge < -0.3 is 15.0 Å². The highest BCUT2D eigenvalue weighted by atomic mass is 16.5. The summed E-state index contributed by atoms with van der Waals surface area (Å²) < 4.78 is 5.29. The van der Waals surface area contributed by atoms with Gasteiger partial charge in [-0.1, -0.05) is 12.1 Å². The second-order valence-corrected chi connectivity index (χ2v) is 7.24. The van der Waals surface area contributed by atoms with E-state index in [1.165, 1.54) is 5.56 Å². The number of likely N-dealkylation sites (tertiary alicyclic amines) is 1. The Labute approximate surface area is 159 Å². The van der Waals surface area contributed by atoms with Crippen molar-refractivity contribution in [2.24, 2.45) is 0 Å². The molecule has 0 spiro atoms. The summed E-state index contributed by atoms with van der Waals surface area (Å²) in [7, 11) is 1.67. The van der Waals surface area contributed by atoms with Gasteiger partial charge in [0.15, 0.2) is 0 Å². The SMILES string of the molecule is COc1cccc(CN2CCC[C@@H](NC(=O)c3c(C)cc(C)[nH]c3=O)C2)c1. The fraction of sp³-hybridized carbons (Fsp3) is 0.429. The monoisotopic (exact) mass is 369 g/mol. The largest absolute Gasteiger partial charge is 0.497 e. The molecule has 0 aliphatic carbocycles. The van der Waals surface area contributed by atoms with Crippen molar-refractivity contribution in [1.82, 2.24) is 15.2 Å². The molecule has 1 aromatic heterocycles. The summed E-state index contributed by atoms with van der Waals surface area (Å²) in [6, 6.07) is 9.91. The van der Waals surface area contributed by atoms with E-state index in [0.29, 0.717) is 5.56 Å². The number of hydrogen-bond donors (Lipinski definition) is 2. The van der Waals surface area contributed by atoms with Gasteiger partial charge in [0.05, 0.1) is 7.11 Å². The minimum atomic E-state index is -0.325. The lowest BCUT2D eigenvalue weighted by molar-refractivity contribution is 0.0898. The van der Waals surface area contributed by atoms with Crippen molar-refractivity contribution in [2.75, 3.05) is 20.2 Å². The topological polar surface area (TPSA) is 74.4 Å². The zero-order valence-corrected chi connectivity index (χ0v) is 16.2. The highest BCUT2D eigenvalue weighted by molar-refractivity contribution is 5.95. The molecule has 0 unspecified atom stereocenters. The summed E-state index contributed by atoms with van der Waals surface area (Å²) in [6.45, 7) is 6.19. The van der Waals surface area contributed by atoms with Crippen molar-refractivity contribution in [3.63, 3.8) is 0 Å². The molecule has 1 aliphatic rings. The minimum Gasteiger partial charge on any atom is -0.497 e. The fourth-order valence-electron chi connectivity index (χ4n) is 3.74. The van der Waals surface area contributed by atoms with Crippen LogP contribution in [0.3, 0.4) is 0 Å². The summed E-state index contributed by atoms with van der Waals surface area (Å²) in [5, 5.41) is 3.05. The number of ether oxygens (including phenoxy) is 1. The Bertz CT molecular complexity index is 875. The maximum absolute atomic E-state index is 12.6. The van der Waals surface area contributed by atoms with Gasteiger partial charge in [-0.2, -0.15) is 0 Å². The number of methoxy groups -OCH3 is 1. The van der Waals surface area contributed by atoms with Gasteiger partial charge in [0, 0.05) is 24.8 Å². The zero-order valence-electron chi connectivity index (χ0n) is 16.2. The summed E-state index contributed by atoms with van der Waals surface area (Å²) in [5.74, 6) is 0.561. The number of aromatic amines is 1. The van der Waals surface area contributed by atoms with Crippen LogP contribution in [0.15, 0.2) is 35.1 Å². The number of carbonyl (C=O) groups excluding carboxylic acids is 1. The first-order chi connectivity index (χ1) is 13.0. The molecule has 6 nitrogen and oxygen atoms in total. The van der Waals surface area contributed by atoms with Crippen LogP contribution in [-0.2, 0) is 6.54 Å². The van der Waals surface area contributed by atoms with Crippen LogP contribution < -0.4 is 15.6 Å². The van der Waals surface area contributed by atoms with E-state index in [0.717, 1.165) is 43.9 Å². The Balaban J connectivity index is 1.64. The standard InChI is InChI=1S/C21H27N3O3/c1-14-10-15(2)22-20(25)19(14)21(26)23-17-7-5-9-24(13-17)12-16-6-4-8-18(11-16)27-3/h4,6,8,10-11,17H,5,7,9,12-13H2,1-3H3,(H,22,25)(H,23,26)/t17-/m1/s1. The molecule has 1 saturated heterocycles. The molecule has 3 rings (SSSR count). The Hall–Kier alpha value is -2.60. The third-order valence-electron chi connectivity index (χ3n) is 4.97. The molecule has 2 aromatic rings. The average molecular weight is 369 g/mol. The molecule has 0 radical (unpaired) electrons. The number of benzene rings is 1. The highest BCUT2D eigenvalue weighted by Gasteiger charge is 2.24. The van der Waals surface area contributed by atoms with Crippen LogP contribution in [0.2, 0.25) is 0 Å². The number of hydrogen-bond acceptors (Lipinski definition) is 4. The molecule has 144 valence electrons. The molecule has 1 aromatic carbocycles. The molecule has 1 aliphatic heterocycles. The maximum atomic E-state index is 12.6. The summed E-state index contributed by atoms with van der Waals surface area (Å²) in [6.07, 6.45) is 1.93. The molecule has 27 heavy (non-hydrogen) atoms. The second kappa shape index (κ2) is 8.39. The lowest BCUT2D eigenvalue weighted by Crippen LogP contribution is -2.48. The molecular weight excluding hydrogens is 342 g/mol. The number of carbonyl (C=O) groups is 1. The lowest BCUT2D eigenvalue weighted by Gasteiger charge is -2.33. The first-order valence-electron chi connectivity index (χ1n) is 9.33. The van der Waals surface area contributed by atoms with Crippen molar-refractivity contribution < 1.29 is 9.53 Å². The van der Waals surface area contributed by atoms with E-state index in [-0.39, 0.29) is 23.1 Å². The third kappa shape index (κ3) is 4.77. The van der Waals surface area contributed by atoms with Crippen molar-refractivity contribution in [3.05, 3.63) is 63.1 Å². The predicted octanol–water partition coefficient (Wildman–Crippen LogP) is 2.39. The van der Waals surface area contributed by atoms with Gasteiger partial charge in [0.2, 0.25) is 0 Å². The number of H-pyrrole nitrogens is 1. The van der Waals surface area contributed by atoms with Crippen LogP contribution in [0.25, 0.3) is 0 Å². The number of pyridine rings is 1. The first kappa shape index (κ1) is 19.2. The number of nitrogens with zero attached hydrogens (tertiary/aromatic N) is 1. The molecule has 2 N–H and O–H groups in total. The van der Waals surface area contributed by atoms with E-state index < -0.39 is 0 Å². The van der Waals surface area contributed by atoms with Crippen LogP contribution in [-0.4, -0.2) is 42.0 Å². The van der Waals surface area contributed by atoms with Crippen molar-refractivity contribution in [3.8, 4) is 5.75 Å². The van der Waals surface area contributed by atoms with E-state index in [9.17, 15) is 9.59 Å². The van der Waals surface area contributed by atoms with Gasteiger partial charge in [0.1, 0.15) is 11.3 Å². The van der Waals surface area contributed by atoms with Crippen molar-refractivity contribution in [1.29, 1.82) is 0 Å². The average Bonchev–Trinajstić information content (AvgIpc) is 2.61. The second-order valence-electron chi connectivity index (χ2n) is 7.24. The summed E-state index contributed by atoms with van der Waals surface area (Å²) in [4.78, 5) is 29.9. The van der Waals surface area contributed by atoms with Gasteiger partial charge in [-0.3, -0.25) is 14.5 Å². The number of rotatable bonds is 5. The van der Waals surface area contributed by atoms with Gasteiger partial charge in [-0.05, 0) is 62.6 Å². The molecule has 1 atom stereocenters. The predicted molar refractivity (Wildman–Crippen MR) is 105 cm³/mol. The van der Waals surface area contributed by atoms with Gasteiger partial charge in [0.25, 0.3) is 11.5 Å². The Morgan fingerprint density at radius 2 is 2.15 bits per heavy atom. The quantitative estimate of drug-likeness (QED) is 0.849. The van der Waals surface area contributed by atoms with E-state index in [2.05, 4.69) is 21.3 Å². The minimum absolute atomic E-state index is 0.0389. The highest BCUT2D eigenvalue weighted by Crippen LogP contribution is 2.18. The molecule has 2 heterocycles. The molecular formula is C21H27N3O3. The zero-order chi connectivity index (χ0) is 19.4. The van der Waals surface area contributed by atoms with E-state index in [4.69, 9.17) is 4.74 Å². The maximum Gasteiger partial charge on any atom is 0.261 e.